The lowest BCUT2D eigenvalue weighted by atomic mass is 9.94. The van der Waals surface area contributed by atoms with Crippen molar-refractivity contribution >= 4 is 23.4 Å². The summed E-state index contributed by atoms with van der Waals surface area (Å²) in [5.74, 6) is -0.0171. The summed E-state index contributed by atoms with van der Waals surface area (Å²) in [6, 6.07) is 6.92. The molecule has 1 aromatic rings. The summed E-state index contributed by atoms with van der Waals surface area (Å²) >= 11 is 0. The highest BCUT2D eigenvalue weighted by Gasteiger charge is 2.30. The Labute approximate surface area is 180 Å². The van der Waals surface area contributed by atoms with Crippen molar-refractivity contribution in [2.45, 2.75) is 59.5 Å². The maximum Gasteiger partial charge on any atom is 0.253 e. The molecule has 1 fully saturated rings. The summed E-state index contributed by atoms with van der Waals surface area (Å²) in [7, 11) is 0. The molecule has 7 nitrogen and oxygen atoms in total. The van der Waals surface area contributed by atoms with Crippen LogP contribution in [-0.2, 0) is 9.59 Å². The molecule has 0 saturated carbocycles. The van der Waals surface area contributed by atoms with Crippen LogP contribution in [0.4, 0.5) is 5.69 Å². The lowest BCUT2D eigenvalue weighted by Gasteiger charge is -2.35. The van der Waals surface area contributed by atoms with Crippen LogP contribution in [0.25, 0.3) is 0 Å². The van der Waals surface area contributed by atoms with Crippen molar-refractivity contribution in [1.82, 2.24) is 15.1 Å². The van der Waals surface area contributed by atoms with Gasteiger partial charge in [-0.05, 0) is 78.7 Å². The number of nitrogens with one attached hydrogen (secondary N) is 2. The zero-order chi connectivity index (χ0) is 22.3. The van der Waals surface area contributed by atoms with E-state index in [1.165, 1.54) is 0 Å². The second-order valence-electron chi connectivity index (χ2n) is 8.20. The number of amides is 3. The van der Waals surface area contributed by atoms with Gasteiger partial charge in [-0.25, -0.2) is 0 Å². The van der Waals surface area contributed by atoms with Crippen LogP contribution in [0.1, 0.15) is 57.8 Å². The van der Waals surface area contributed by atoms with Crippen molar-refractivity contribution in [2.75, 3.05) is 31.5 Å². The third kappa shape index (κ3) is 6.29. The molecule has 166 valence electrons. The molecule has 1 aromatic carbocycles. The van der Waals surface area contributed by atoms with Crippen molar-refractivity contribution in [3.8, 4) is 0 Å². The van der Waals surface area contributed by atoms with Crippen molar-refractivity contribution in [3.63, 3.8) is 0 Å². The third-order valence-electron chi connectivity index (χ3n) is 5.69. The van der Waals surface area contributed by atoms with Crippen molar-refractivity contribution < 1.29 is 14.4 Å². The first-order valence-corrected chi connectivity index (χ1v) is 11.0. The van der Waals surface area contributed by atoms with Crippen molar-refractivity contribution in [1.29, 1.82) is 0 Å². The summed E-state index contributed by atoms with van der Waals surface area (Å²) in [4.78, 5) is 41.4. The van der Waals surface area contributed by atoms with Crippen LogP contribution in [0.5, 0.6) is 0 Å². The van der Waals surface area contributed by atoms with Gasteiger partial charge in [-0.15, -0.1) is 0 Å². The first kappa shape index (κ1) is 23.9. The molecule has 2 rings (SSSR count). The lowest BCUT2D eigenvalue weighted by Crippen LogP contribution is -2.48. The summed E-state index contributed by atoms with van der Waals surface area (Å²) in [5, 5.41) is 5.91. The summed E-state index contributed by atoms with van der Waals surface area (Å²) in [5.41, 5.74) is 1.19. The van der Waals surface area contributed by atoms with Crippen LogP contribution in [-0.4, -0.2) is 65.8 Å². The minimum absolute atomic E-state index is 0.0154. The Morgan fingerprint density at radius 3 is 2.30 bits per heavy atom. The quantitative estimate of drug-likeness (QED) is 0.683. The van der Waals surface area contributed by atoms with Crippen molar-refractivity contribution in [3.05, 3.63) is 29.8 Å². The number of carbonyl (C=O) groups is 3. The van der Waals surface area contributed by atoms with E-state index in [9.17, 15) is 14.4 Å². The zero-order valence-corrected chi connectivity index (χ0v) is 18.9. The van der Waals surface area contributed by atoms with Crippen LogP contribution in [0, 0.1) is 5.92 Å². The third-order valence-corrected chi connectivity index (χ3v) is 5.69. The van der Waals surface area contributed by atoms with Gasteiger partial charge in [-0.2, -0.15) is 0 Å². The topological polar surface area (TPSA) is 81.8 Å². The Kier molecular flexibility index (Phi) is 8.84. The molecule has 1 aliphatic rings. The van der Waals surface area contributed by atoms with Crippen LogP contribution in [0.15, 0.2) is 24.3 Å². The predicted molar refractivity (Wildman–Crippen MR) is 119 cm³/mol. The molecular weight excluding hydrogens is 380 g/mol. The fourth-order valence-electron chi connectivity index (χ4n) is 3.79. The van der Waals surface area contributed by atoms with Gasteiger partial charge >= 0.3 is 0 Å². The summed E-state index contributed by atoms with van der Waals surface area (Å²) in [6.07, 6.45) is 1.51. The van der Waals surface area contributed by atoms with Gasteiger partial charge in [0.2, 0.25) is 11.8 Å². The summed E-state index contributed by atoms with van der Waals surface area (Å²) in [6.45, 7) is 12.4. The standard InChI is InChI=1S/C23H36N4O3/c1-6-26(7-2)23(30)19-9-8-10-20(15-19)25-21(28)17(5)27-13-11-18(12-14-27)22(29)24-16(3)4/h8-10,15-18H,6-7,11-14H2,1-5H3,(H,24,29)(H,25,28). The first-order valence-electron chi connectivity index (χ1n) is 11.0. The number of carbonyl (C=O) groups excluding carboxylic acids is 3. The van der Waals surface area contributed by atoms with Gasteiger partial charge < -0.3 is 15.5 Å². The number of nitrogens with zero attached hydrogens (tertiary/aromatic N) is 2. The second-order valence-corrected chi connectivity index (χ2v) is 8.20. The number of anilines is 1. The van der Waals surface area contributed by atoms with E-state index < -0.39 is 0 Å². The maximum absolute atomic E-state index is 12.8. The van der Waals surface area contributed by atoms with Gasteiger partial charge in [-0.1, -0.05) is 6.07 Å². The molecule has 3 amide bonds. The minimum atomic E-state index is -0.304. The van der Waals surface area contributed by atoms with Gasteiger partial charge in [0.1, 0.15) is 0 Å². The van der Waals surface area contributed by atoms with Crippen LogP contribution >= 0.6 is 0 Å². The van der Waals surface area contributed by atoms with E-state index in [1.54, 1.807) is 29.2 Å². The van der Waals surface area contributed by atoms with E-state index in [0.717, 1.165) is 12.8 Å². The van der Waals surface area contributed by atoms with E-state index >= 15 is 0 Å². The molecular formula is C23H36N4O3. The van der Waals surface area contributed by atoms with Gasteiger partial charge in [-0.3, -0.25) is 19.3 Å². The minimum Gasteiger partial charge on any atom is -0.354 e. The van der Waals surface area contributed by atoms with Crippen molar-refractivity contribution in [2.24, 2.45) is 5.92 Å². The Morgan fingerprint density at radius 2 is 1.73 bits per heavy atom. The average Bonchev–Trinajstić information content (AvgIpc) is 2.73. The van der Waals surface area contributed by atoms with Crippen LogP contribution in [0.2, 0.25) is 0 Å². The molecule has 7 heteroatoms. The van der Waals surface area contributed by atoms with Gasteiger partial charge in [0.15, 0.2) is 0 Å². The van der Waals surface area contributed by atoms with Gasteiger partial charge in [0.05, 0.1) is 6.04 Å². The zero-order valence-electron chi connectivity index (χ0n) is 18.9. The Hall–Kier alpha value is -2.41. The highest BCUT2D eigenvalue weighted by Crippen LogP contribution is 2.20. The largest absolute Gasteiger partial charge is 0.354 e. The number of likely N-dealkylation sites (tertiary alicyclic amines) is 1. The number of piperidine rings is 1. The summed E-state index contributed by atoms with van der Waals surface area (Å²) < 4.78 is 0. The molecule has 1 atom stereocenters. The van der Waals surface area contributed by atoms with Crippen LogP contribution < -0.4 is 10.6 Å². The lowest BCUT2D eigenvalue weighted by molar-refractivity contribution is -0.127. The maximum atomic E-state index is 12.8. The highest BCUT2D eigenvalue weighted by molar-refractivity contribution is 5.98. The Morgan fingerprint density at radius 1 is 1.10 bits per heavy atom. The van der Waals surface area contributed by atoms with E-state index in [-0.39, 0.29) is 35.7 Å². The molecule has 1 heterocycles. The molecule has 0 bridgehead atoms. The number of hydrogen-bond acceptors (Lipinski definition) is 4. The van der Waals surface area contributed by atoms with E-state index in [2.05, 4.69) is 15.5 Å². The smallest absolute Gasteiger partial charge is 0.253 e. The molecule has 0 spiro atoms. The monoisotopic (exact) mass is 416 g/mol. The fourth-order valence-corrected chi connectivity index (χ4v) is 3.79. The SMILES string of the molecule is CCN(CC)C(=O)c1cccc(NC(=O)C(C)N2CCC(C(=O)NC(C)C)CC2)c1. The number of rotatable bonds is 8. The predicted octanol–water partition coefficient (Wildman–Crippen LogP) is 2.73. The number of benzene rings is 1. The van der Waals surface area contributed by atoms with Gasteiger partial charge in [0, 0.05) is 36.3 Å². The molecule has 0 aromatic heterocycles. The molecule has 1 aliphatic heterocycles. The Balaban J connectivity index is 1.93. The molecule has 1 unspecified atom stereocenters. The molecule has 2 N–H and O–H groups in total. The van der Waals surface area contributed by atoms with Gasteiger partial charge in [0.25, 0.3) is 5.91 Å². The molecule has 1 saturated heterocycles. The second kappa shape index (κ2) is 11.1. The normalized spacial score (nSPS) is 16.2. The Bertz CT molecular complexity index is 738. The van der Waals surface area contributed by atoms with E-state index in [1.807, 2.05) is 34.6 Å². The number of hydrogen-bond donors (Lipinski definition) is 2. The highest BCUT2D eigenvalue weighted by atomic mass is 16.2. The molecule has 30 heavy (non-hydrogen) atoms. The molecule has 0 aliphatic carbocycles. The molecule has 0 radical (unpaired) electrons. The van der Waals surface area contributed by atoms with E-state index in [0.29, 0.717) is 37.4 Å². The first-order chi connectivity index (χ1) is 14.3. The fraction of sp³-hybridized carbons (Fsp3) is 0.609. The van der Waals surface area contributed by atoms with Crippen LogP contribution in [0.3, 0.4) is 0 Å². The average molecular weight is 417 g/mol. The van der Waals surface area contributed by atoms with E-state index in [4.69, 9.17) is 0 Å².